The minimum atomic E-state index is -0.199. The molecular weight excluding hydrogens is 1560 g/mol. The van der Waals surface area contributed by atoms with Crippen LogP contribution in [0, 0.1) is 0 Å². The molecule has 8 aliphatic rings. The number of H-pyrrole nitrogens is 2. The SMILES string of the molecule is C[C@H]1COCCN1c1nc(-c2ccc(N)cc2)nc2c1CCCC2.C[C@H]1COCCN1c1nc(-c2ccc(Nc3nccc(=O)[nH]3)cc2)nc2c1CCCC2.C[C@H]1COCCN1c1nc(-c2ccc(Nc3nccc(=O)[nH]3)cc2)nc2c1CCNC2.C[C@H]1COCCN1c1nc(-c2ccc(Nc3nccc(OCc4ccccc4)n3)cc2)nc2c1CCCC2. The topological polar surface area (TPSA) is 354 Å². The van der Waals surface area contributed by atoms with E-state index in [0.717, 1.165) is 221 Å². The maximum Gasteiger partial charge on any atom is 0.252 e. The van der Waals surface area contributed by atoms with Gasteiger partial charge in [-0.1, -0.05) is 30.3 Å². The van der Waals surface area contributed by atoms with Crippen LogP contribution in [0.2, 0.25) is 0 Å². The van der Waals surface area contributed by atoms with E-state index >= 15 is 0 Å². The summed E-state index contributed by atoms with van der Waals surface area (Å²) in [6.07, 6.45) is 19.0. The molecule has 4 atom stereocenters. The van der Waals surface area contributed by atoms with Crippen LogP contribution in [0.5, 0.6) is 5.88 Å². The van der Waals surface area contributed by atoms with Crippen molar-refractivity contribution < 1.29 is 23.7 Å². The molecule has 8 N–H and O–H groups in total. The van der Waals surface area contributed by atoms with E-state index in [1.54, 1.807) is 12.3 Å². The summed E-state index contributed by atoms with van der Waals surface area (Å²) in [7, 11) is 0. The van der Waals surface area contributed by atoms with Crippen LogP contribution < -0.4 is 62.5 Å². The second kappa shape index (κ2) is 39.6. The second-order valence-electron chi connectivity index (χ2n) is 32.5. The van der Waals surface area contributed by atoms with Crippen LogP contribution in [0.15, 0.2) is 174 Å². The van der Waals surface area contributed by atoms with Gasteiger partial charge in [-0.2, -0.15) is 4.98 Å². The molecule has 12 aromatic rings. The summed E-state index contributed by atoms with van der Waals surface area (Å²) in [4.78, 5) is 94.7. The molecule has 20 rings (SSSR count). The van der Waals surface area contributed by atoms with Crippen molar-refractivity contribution in [3.05, 3.63) is 235 Å². The summed E-state index contributed by atoms with van der Waals surface area (Å²) in [5, 5.41) is 12.9. The van der Waals surface area contributed by atoms with Gasteiger partial charge < -0.3 is 70.3 Å². The Bertz CT molecular complexity index is 5570. The minimum absolute atomic E-state index is 0.193. The number of anilines is 11. The number of benzene rings is 5. The number of hydrogen-bond acceptors (Lipinski definition) is 28. The normalized spacial score (nSPS) is 18.5. The summed E-state index contributed by atoms with van der Waals surface area (Å²) < 4.78 is 28.4. The monoisotopic (exact) mass is 1670 g/mol. The van der Waals surface area contributed by atoms with Gasteiger partial charge in [-0.25, -0.2) is 54.8 Å². The molecule has 0 spiro atoms. The number of ether oxygens (including phenoxy) is 5. The highest BCUT2D eigenvalue weighted by atomic mass is 16.5. The van der Waals surface area contributed by atoms with E-state index in [0.29, 0.717) is 67.5 Å². The zero-order valence-electron chi connectivity index (χ0n) is 70.8. The molecule has 5 aliphatic heterocycles. The van der Waals surface area contributed by atoms with Gasteiger partial charge in [0.1, 0.15) is 29.9 Å². The van der Waals surface area contributed by atoms with E-state index in [-0.39, 0.29) is 17.2 Å². The molecule has 0 bridgehead atoms. The summed E-state index contributed by atoms with van der Waals surface area (Å²) in [6.45, 7) is 20.3. The number of nitrogens with zero attached hydrogens (tertiary/aromatic N) is 16. The third-order valence-corrected chi connectivity index (χ3v) is 23.5. The van der Waals surface area contributed by atoms with E-state index in [1.165, 1.54) is 102 Å². The van der Waals surface area contributed by atoms with Gasteiger partial charge in [0, 0.05) is 154 Å². The Morgan fingerprint density at radius 3 is 1.15 bits per heavy atom. The van der Waals surface area contributed by atoms with E-state index in [1.807, 2.05) is 115 Å². The molecule has 4 saturated heterocycles. The highest BCUT2D eigenvalue weighted by Crippen LogP contribution is 2.38. The van der Waals surface area contributed by atoms with Crippen LogP contribution in [0.3, 0.4) is 0 Å². The molecule has 0 saturated carbocycles. The first-order valence-electron chi connectivity index (χ1n) is 43.6. The molecule has 0 amide bonds. The third-order valence-electron chi connectivity index (χ3n) is 23.5. The highest BCUT2D eigenvalue weighted by molar-refractivity contribution is 5.70. The molecule has 4 fully saturated rings. The fraction of sp³-hybridized carbons (Fsp3) is 0.383. The predicted molar refractivity (Wildman–Crippen MR) is 482 cm³/mol. The number of nitrogens with two attached hydrogens (primary N) is 1. The number of aromatic amines is 2. The molecule has 7 aromatic heterocycles. The molecule has 5 aromatic carbocycles. The number of rotatable bonds is 17. The van der Waals surface area contributed by atoms with Gasteiger partial charge in [0.2, 0.25) is 23.7 Å². The van der Waals surface area contributed by atoms with Crippen LogP contribution >= 0.6 is 0 Å². The average Bonchev–Trinajstić information content (AvgIpc) is 0.790. The summed E-state index contributed by atoms with van der Waals surface area (Å²) in [5.41, 5.74) is 23.6. The molecule has 0 unspecified atom stereocenters. The number of morpholine rings is 4. The van der Waals surface area contributed by atoms with Gasteiger partial charge >= 0.3 is 0 Å². The Labute approximate surface area is 721 Å². The first-order valence-corrected chi connectivity index (χ1v) is 43.6. The first-order chi connectivity index (χ1) is 60.8. The first kappa shape index (κ1) is 83.5. The van der Waals surface area contributed by atoms with Gasteiger partial charge in [0.15, 0.2) is 23.3 Å². The Morgan fingerprint density at radius 2 is 0.758 bits per heavy atom. The average molecular weight is 1670 g/mol. The largest absolute Gasteiger partial charge is 0.473 e. The number of aryl methyl sites for hydroxylation is 3. The number of hydrogen-bond donors (Lipinski definition) is 7. The van der Waals surface area contributed by atoms with Crippen LogP contribution in [0.25, 0.3) is 45.6 Å². The third kappa shape index (κ3) is 20.4. The van der Waals surface area contributed by atoms with Crippen LogP contribution in [-0.4, -0.2) is 180 Å². The van der Waals surface area contributed by atoms with Crippen LogP contribution in [0.4, 0.5) is 63.9 Å². The zero-order chi connectivity index (χ0) is 84.7. The van der Waals surface area contributed by atoms with E-state index < -0.39 is 0 Å². The molecule has 30 nitrogen and oxygen atoms in total. The maximum atomic E-state index is 11.5. The van der Waals surface area contributed by atoms with Crippen molar-refractivity contribution in [1.82, 2.24) is 75.1 Å². The van der Waals surface area contributed by atoms with Gasteiger partial charge in [-0.3, -0.25) is 19.6 Å². The molecule has 3 aliphatic carbocycles. The number of aromatic nitrogens is 14. The number of fused-ring (bicyclic) bond motifs is 4. The van der Waals surface area contributed by atoms with Crippen molar-refractivity contribution in [2.24, 2.45) is 0 Å². The van der Waals surface area contributed by atoms with Crippen LogP contribution in [0.1, 0.15) is 117 Å². The van der Waals surface area contributed by atoms with Gasteiger partial charge in [-0.15, -0.1) is 0 Å². The molecule has 640 valence electrons. The number of nitrogen functional groups attached to an aromatic ring is 1. The Morgan fingerprint density at radius 1 is 0.395 bits per heavy atom. The Hall–Kier alpha value is -12.7. The van der Waals surface area contributed by atoms with Gasteiger partial charge in [0.05, 0.1) is 82.7 Å². The molecule has 124 heavy (non-hydrogen) atoms. The van der Waals surface area contributed by atoms with E-state index in [4.69, 9.17) is 69.3 Å². The molecular formula is C94H107N23O7. The van der Waals surface area contributed by atoms with Crippen molar-refractivity contribution in [2.45, 2.75) is 148 Å². The molecule has 0 radical (unpaired) electrons. The molecule has 30 heteroatoms. The summed E-state index contributed by atoms with van der Waals surface area (Å²) in [6, 6.07) is 47.5. The Kier molecular flexibility index (Phi) is 26.7. The fourth-order valence-corrected chi connectivity index (χ4v) is 16.9. The lowest BCUT2D eigenvalue weighted by molar-refractivity contribution is 0.0983. The lowest BCUT2D eigenvalue weighted by Gasteiger charge is -2.36. The smallest absolute Gasteiger partial charge is 0.252 e. The Balaban J connectivity index is 0.000000118. The van der Waals surface area contributed by atoms with Crippen molar-refractivity contribution in [2.75, 3.05) is 127 Å². The molecule has 12 heterocycles. The lowest BCUT2D eigenvalue weighted by atomic mass is 9.95. The van der Waals surface area contributed by atoms with E-state index in [9.17, 15) is 9.59 Å². The summed E-state index contributed by atoms with van der Waals surface area (Å²) >= 11 is 0. The number of nitrogens with one attached hydrogen (secondary N) is 6. The lowest BCUT2D eigenvalue weighted by Crippen LogP contribution is -2.45. The van der Waals surface area contributed by atoms with Crippen molar-refractivity contribution in [3.8, 4) is 51.4 Å². The van der Waals surface area contributed by atoms with Crippen LogP contribution in [-0.2, 0) is 77.0 Å². The maximum absolute atomic E-state index is 11.5. The van der Waals surface area contributed by atoms with Gasteiger partial charge in [0.25, 0.3) is 11.1 Å². The minimum Gasteiger partial charge on any atom is -0.473 e. The highest BCUT2D eigenvalue weighted by Gasteiger charge is 2.33. The van der Waals surface area contributed by atoms with Crippen molar-refractivity contribution in [3.63, 3.8) is 0 Å². The summed E-state index contributed by atoms with van der Waals surface area (Å²) in [5.74, 6) is 9.19. The fourth-order valence-electron chi connectivity index (χ4n) is 16.9. The van der Waals surface area contributed by atoms with Crippen molar-refractivity contribution in [1.29, 1.82) is 0 Å². The predicted octanol–water partition coefficient (Wildman–Crippen LogP) is 13.1. The second-order valence-corrected chi connectivity index (χ2v) is 32.5. The standard InChI is InChI=1S/C30H32N6O2.C23H26N6O2.C22H25N7O2.C19H24N4O/c1-21-19-37-18-17-36(21)29-25-9-5-6-10-26(25)33-28(35-29)23-11-13-24(14-12-23)32-30-31-16-15-27(34-30)38-20-22-7-3-2-4-8-22;1-15-14-31-13-12-29(15)22-18-4-2-3-5-19(18)26-21(28-22)16-6-8-17(9-7-16)25-23-24-11-10-20(30)27-23;1-14-13-31-11-10-29(14)21-17-6-8-23-12-18(17)26-20(28-21)15-2-4-16(5-3-15)25-22-24-9-7-19(30)27-22;1-13-12-24-11-10-23(13)19-16-4-2-3-5-17(16)21-18(22-19)14-6-8-15(20)9-7-14/h2-4,7-8,11-16,21H,5-6,9-10,17-20H2,1H3,(H,31,32,34);6-11,15H,2-5,12-14H2,1H3,(H2,24,25,27,30);2-5,7,9,14,23H,6,8,10-13H2,1H3,(H2,24,25,27,30);6-9,13H,2-5,10-12,20H2,1H3/t21-;15-;14-;13-/m0000/s1. The van der Waals surface area contributed by atoms with E-state index in [2.05, 4.69) is 111 Å². The van der Waals surface area contributed by atoms with Crippen molar-refractivity contribution >= 4 is 63.9 Å². The zero-order valence-corrected chi connectivity index (χ0v) is 70.8. The quantitative estimate of drug-likeness (QED) is 0.0416. The van der Waals surface area contributed by atoms with Gasteiger partial charge in [-0.05, 0) is 220 Å².